The minimum atomic E-state index is -0.888. The topological polar surface area (TPSA) is 186 Å². The Bertz CT molecular complexity index is 1180. The molecule has 0 saturated carbocycles. The standard InChI is InChI=1S/C25H31N5O4.3CO.Re/c26-15-21-8-6-14-30(21)24(32)16-27-23(31)10-2-1-5-13-29(18-25(33)34)17-20-12-11-19-7-3-4-9-22(19)28-20;3*1-2;/h3-4,7,9,11-12,21H,1-2,5-6,8,10,13-14,16-18H2,(H,27,31)(H,33,34);;;;. The smallest absolute Gasteiger partial charge is 0 e. The van der Waals surface area contributed by atoms with Crippen molar-refractivity contribution in [2.75, 3.05) is 26.2 Å². The maximum absolute atomic E-state index is 12.2. The SMILES string of the molecule is N#CC1CCCN1C(=O)CNC(=O)CCCCCN(CC(=O)O)Cc1ccc2ccccc2n1.[C-]#[O+].[C-]#[O+].[C-]#[O+].[Re]. The van der Waals surface area contributed by atoms with Gasteiger partial charge in [-0.25, -0.2) is 0 Å². The van der Waals surface area contributed by atoms with Crippen molar-refractivity contribution < 1.29 is 53.9 Å². The van der Waals surface area contributed by atoms with E-state index in [0.717, 1.165) is 35.9 Å². The number of amides is 2. The van der Waals surface area contributed by atoms with Crippen molar-refractivity contribution in [2.24, 2.45) is 0 Å². The number of hydrogen-bond donors (Lipinski definition) is 2. The van der Waals surface area contributed by atoms with E-state index < -0.39 is 5.97 Å². The van der Waals surface area contributed by atoms with Crippen molar-refractivity contribution in [3.8, 4) is 6.07 Å². The van der Waals surface area contributed by atoms with Gasteiger partial charge in [-0.05, 0) is 44.4 Å². The van der Waals surface area contributed by atoms with E-state index in [9.17, 15) is 19.5 Å². The summed E-state index contributed by atoms with van der Waals surface area (Å²) in [6, 6.07) is 13.5. The fourth-order valence-corrected chi connectivity index (χ4v) is 4.19. The molecule has 1 aliphatic heterocycles. The first-order chi connectivity index (χ1) is 19.5. The number of aliphatic carboxylic acids is 1. The quantitative estimate of drug-likeness (QED) is 0.190. The fourth-order valence-electron chi connectivity index (χ4n) is 4.19. The number of para-hydroxylation sites is 1. The Morgan fingerprint density at radius 1 is 1.07 bits per heavy atom. The summed E-state index contributed by atoms with van der Waals surface area (Å²) >= 11 is 0. The Kier molecular flexibility index (Phi) is 23.3. The molecule has 217 valence electrons. The normalized spacial score (nSPS) is 12.9. The average Bonchev–Trinajstić information content (AvgIpc) is 3.48. The van der Waals surface area contributed by atoms with Gasteiger partial charge in [0.15, 0.2) is 0 Å². The summed E-state index contributed by atoms with van der Waals surface area (Å²) in [6.45, 7) is 14.9. The van der Waals surface area contributed by atoms with Gasteiger partial charge in [-0.2, -0.15) is 5.26 Å². The monoisotopic (exact) mass is 736 g/mol. The summed E-state index contributed by atoms with van der Waals surface area (Å²) < 4.78 is 22.5. The van der Waals surface area contributed by atoms with E-state index >= 15 is 0 Å². The number of carboxylic acid groups (broad SMARTS) is 1. The molecular weight excluding hydrogens is 705 g/mol. The van der Waals surface area contributed by atoms with Gasteiger partial charge in [0.1, 0.15) is 6.04 Å². The van der Waals surface area contributed by atoms with Gasteiger partial charge in [-0.1, -0.05) is 30.7 Å². The van der Waals surface area contributed by atoms with Gasteiger partial charge in [-0.3, -0.25) is 24.3 Å². The molecule has 1 fully saturated rings. The Balaban J connectivity index is 0. The third kappa shape index (κ3) is 15.1. The first-order valence-electron chi connectivity index (χ1n) is 12.3. The Labute approximate surface area is 252 Å². The molecule has 2 heterocycles. The number of nitrogens with one attached hydrogen (secondary N) is 1. The molecule has 1 aliphatic rings. The van der Waals surface area contributed by atoms with Crippen LogP contribution in [0.5, 0.6) is 0 Å². The number of unbranched alkanes of at least 4 members (excludes halogenated alkanes) is 2. The van der Waals surface area contributed by atoms with Crippen LogP contribution in [0, 0.1) is 31.3 Å². The molecule has 41 heavy (non-hydrogen) atoms. The second-order valence-electron chi connectivity index (χ2n) is 8.56. The van der Waals surface area contributed by atoms with E-state index in [4.69, 9.17) is 19.2 Å². The number of nitriles is 1. The number of rotatable bonds is 12. The number of fused-ring (bicyclic) bond motifs is 1. The maximum atomic E-state index is 12.2. The summed E-state index contributed by atoms with van der Waals surface area (Å²) in [4.78, 5) is 43.5. The molecule has 2 amide bonds. The van der Waals surface area contributed by atoms with Crippen LogP contribution in [0.25, 0.3) is 10.9 Å². The number of benzene rings is 1. The molecule has 1 unspecified atom stereocenters. The van der Waals surface area contributed by atoms with Crippen LogP contribution in [0.4, 0.5) is 0 Å². The number of carbonyl (C=O) groups excluding carboxylic acids is 2. The molecular formula is C28H31N5O7Re. The van der Waals surface area contributed by atoms with Crippen LogP contribution in [0.3, 0.4) is 0 Å². The second kappa shape index (κ2) is 24.2. The Hall–Kier alpha value is -3.63. The fraction of sp³-hybridized carbons (Fsp3) is 0.429. The van der Waals surface area contributed by atoms with Gasteiger partial charge in [0.2, 0.25) is 11.8 Å². The molecule has 1 saturated heterocycles. The summed E-state index contributed by atoms with van der Waals surface area (Å²) in [5.74, 6) is -1.30. The number of aromatic nitrogens is 1. The maximum Gasteiger partial charge on any atom is 0 e. The number of carboxylic acids is 1. The molecule has 1 aromatic carbocycles. The number of carbonyl (C=O) groups is 3. The molecule has 13 heteroatoms. The van der Waals surface area contributed by atoms with E-state index in [1.165, 1.54) is 4.90 Å². The third-order valence-corrected chi connectivity index (χ3v) is 5.94. The largest absolute Gasteiger partial charge is 0 e. The minimum absolute atomic E-state index is 0. The third-order valence-electron chi connectivity index (χ3n) is 5.94. The minimum Gasteiger partial charge on any atom is 0 e. The molecule has 1 radical (unpaired) electrons. The zero-order chi connectivity index (χ0) is 30.3. The van der Waals surface area contributed by atoms with Crippen LogP contribution in [0.15, 0.2) is 36.4 Å². The van der Waals surface area contributed by atoms with Crippen LogP contribution in [-0.4, -0.2) is 69.9 Å². The van der Waals surface area contributed by atoms with Gasteiger partial charge in [-0.15, -0.1) is 0 Å². The first-order valence-corrected chi connectivity index (χ1v) is 12.3. The number of nitrogens with zero attached hydrogens (tertiary/aromatic N) is 4. The summed E-state index contributed by atoms with van der Waals surface area (Å²) in [7, 11) is 0. The summed E-state index contributed by atoms with van der Waals surface area (Å²) in [5.41, 5.74) is 1.70. The molecule has 12 nitrogen and oxygen atoms in total. The predicted molar refractivity (Wildman–Crippen MR) is 138 cm³/mol. The molecule has 1 atom stereocenters. The molecule has 0 bridgehead atoms. The van der Waals surface area contributed by atoms with Crippen molar-refractivity contribution in [2.45, 2.75) is 51.1 Å². The van der Waals surface area contributed by atoms with E-state index in [0.29, 0.717) is 38.9 Å². The van der Waals surface area contributed by atoms with Crippen molar-refractivity contribution in [1.82, 2.24) is 20.1 Å². The number of likely N-dealkylation sites (tertiary alicyclic amines) is 1. The molecule has 2 aromatic rings. The van der Waals surface area contributed by atoms with Crippen LogP contribution < -0.4 is 5.32 Å². The molecule has 3 rings (SSSR count). The van der Waals surface area contributed by atoms with Gasteiger partial charge in [0.05, 0.1) is 30.4 Å². The van der Waals surface area contributed by atoms with E-state index in [2.05, 4.69) is 36.3 Å². The second-order valence-corrected chi connectivity index (χ2v) is 8.56. The molecule has 0 spiro atoms. The Morgan fingerprint density at radius 2 is 1.76 bits per heavy atom. The van der Waals surface area contributed by atoms with Crippen molar-refractivity contribution in [3.05, 3.63) is 62.0 Å². The number of hydrogen-bond acceptors (Lipinski definition) is 6. The zero-order valence-corrected chi connectivity index (χ0v) is 25.1. The molecule has 1 aromatic heterocycles. The molecule has 0 aliphatic carbocycles. The average molecular weight is 736 g/mol. The van der Waals surface area contributed by atoms with Crippen molar-refractivity contribution in [3.63, 3.8) is 0 Å². The Morgan fingerprint density at radius 3 is 2.41 bits per heavy atom. The van der Waals surface area contributed by atoms with E-state index in [-0.39, 0.29) is 51.4 Å². The first kappa shape index (κ1) is 39.5. The van der Waals surface area contributed by atoms with E-state index in [1.54, 1.807) is 0 Å². The van der Waals surface area contributed by atoms with Gasteiger partial charge in [0, 0.05) is 45.3 Å². The summed E-state index contributed by atoms with van der Waals surface area (Å²) in [5, 5.41) is 22.0. The van der Waals surface area contributed by atoms with E-state index in [1.807, 2.05) is 41.3 Å². The zero-order valence-electron chi connectivity index (χ0n) is 22.4. The van der Waals surface area contributed by atoms with Crippen molar-refractivity contribution >= 4 is 28.7 Å². The van der Waals surface area contributed by atoms with Crippen LogP contribution in [0.2, 0.25) is 0 Å². The molecule has 2 N–H and O–H groups in total. The van der Waals surface area contributed by atoms with Crippen LogP contribution in [-0.2, 0) is 55.3 Å². The van der Waals surface area contributed by atoms with Crippen LogP contribution >= 0.6 is 0 Å². The number of pyridine rings is 1. The van der Waals surface area contributed by atoms with Gasteiger partial charge in [0.25, 0.3) is 0 Å². The summed E-state index contributed by atoms with van der Waals surface area (Å²) in [6.07, 6.45) is 3.98. The van der Waals surface area contributed by atoms with Crippen molar-refractivity contribution in [1.29, 1.82) is 5.26 Å². The predicted octanol–water partition coefficient (Wildman–Crippen LogP) is 2.20. The van der Waals surface area contributed by atoms with Gasteiger partial charge < -0.3 is 15.3 Å². The van der Waals surface area contributed by atoms with Crippen LogP contribution in [0.1, 0.15) is 44.2 Å². The van der Waals surface area contributed by atoms with Gasteiger partial charge >= 0.3 is 39.9 Å².